The summed E-state index contributed by atoms with van der Waals surface area (Å²) in [5.41, 5.74) is 12.3. The van der Waals surface area contributed by atoms with Crippen molar-refractivity contribution in [2.24, 2.45) is 0 Å². The predicted octanol–water partition coefficient (Wildman–Crippen LogP) is 2.84. The minimum absolute atomic E-state index is 0.147. The molecule has 0 atom stereocenters. The first-order valence-corrected chi connectivity index (χ1v) is 8.56. The first kappa shape index (κ1) is 17.7. The van der Waals surface area contributed by atoms with Crippen molar-refractivity contribution in [3.8, 4) is 0 Å². The monoisotopic (exact) mass is 349 g/mol. The predicted molar refractivity (Wildman–Crippen MR) is 105 cm³/mol. The summed E-state index contributed by atoms with van der Waals surface area (Å²) in [7, 11) is 0. The molecule has 0 unspecified atom stereocenters. The summed E-state index contributed by atoms with van der Waals surface area (Å²) < 4.78 is 0. The largest absolute Gasteiger partial charge is 0.368 e. The van der Waals surface area contributed by atoms with Gasteiger partial charge in [-0.1, -0.05) is 12.1 Å². The van der Waals surface area contributed by atoms with E-state index < -0.39 is 0 Å². The van der Waals surface area contributed by atoms with Gasteiger partial charge in [-0.15, -0.1) is 0 Å². The fraction of sp³-hybridized carbons (Fsp3) is 0.250. The zero-order chi connectivity index (χ0) is 18.7. The Morgan fingerprint density at radius 3 is 2.69 bits per heavy atom. The van der Waals surface area contributed by atoms with Crippen LogP contribution < -0.4 is 11.1 Å². The summed E-state index contributed by atoms with van der Waals surface area (Å²) in [5, 5.41) is 4.15. The van der Waals surface area contributed by atoms with E-state index in [0.29, 0.717) is 6.54 Å². The average molecular weight is 349 g/mol. The molecule has 2 heterocycles. The molecule has 0 saturated heterocycles. The third kappa shape index (κ3) is 3.74. The maximum absolute atomic E-state index is 12.0. The zero-order valence-corrected chi connectivity index (χ0v) is 15.3. The second-order valence-electron chi connectivity index (χ2n) is 6.41. The maximum Gasteiger partial charge on any atom is 0.244 e. The van der Waals surface area contributed by atoms with Gasteiger partial charge in [0.1, 0.15) is 0 Å². The van der Waals surface area contributed by atoms with E-state index in [4.69, 9.17) is 5.73 Å². The number of hydrogen-bond acceptors (Lipinski definition) is 4. The molecule has 1 amide bonds. The van der Waals surface area contributed by atoms with Crippen molar-refractivity contribution >= 4 is 28.8 Å². The zero-order valence-electron chi connectivity index (χ0n) is 15.3. The van der Waals surface area contributed by atoms with Crippen LogP contribution in [0.4, 0.5) is 5.95 Å². The van der Waals surface area contributed by atoms with Crippen molar-refractivity contribution in [1.29, 1.82) is 0 Å². The molecule has 26 heavy (non-hydrogen) atoms. The number of fused-ring (bicyclic) bond motifs is 1. The molecule has 6 nitrogen and oxygen atoms in total. The number of nitrogens with zero attached hydrogens (tertiary/aromatic N) is 2. The molecule has 0 aliphatic heterocycles. The Kier molecular flexibility index (Phi) is 5.02. The molecular weight excluding hydrogens is 326 g/mol. The molecule has 0 fully saturated rings. The van der Waals surface area contributed by atoms with E-state index in [1.165, 1.54) is 33.7 Å². The molecule has 0 radical (unpaired) electrons. The van der Waals surface area contributed by atoms with Crippen LogP contribution in [0.2, 0.25) is 0 Å². The molecular formula is C20H23N5O. The Labute approximate surface area is 152 Å². The molecule has 6 heteroatoms. The Hall–Kier alpha value is -3.15. The molecule has 0 spiro atoms. The van der Waals surface area contributed by atoms with Crippen LogP contribution in [0.25, 0.3) is 17.0 Å². The Balaban J connectivity index is 1.62. The summed E-state index contributed by atoms with van der Waals surface area (Å²) in [6.45, 7) is 6.89. The number of benzene rings is 1. The highest BCUT2D eigenvalue weighted by Crippen LogP contribution is 2.26. The molecule has 4 N–H and O–H groups in total. The van der Waals surface area contributed by atoms with Crippen LogP contribution in [-0.4, -0.2) is 27.4 Å². The van der Waals surface area contributed by atoms with Gasteiger partial charge < -0.3 is 16.0 Å². The molecule has 134 valence electrons. The highest BCUT2D eigenvalue weighted by molar-refractivity contribution is 5.92. The van der Waals surface area contributed by atoms with E-state index >= 15 is 0 Å². The Bertz CT molecular complexity index is 970. The van der Waals surface area contributed by atoms with Gasteiger partial charge in [-0.05, 0) is 50.0 Å². The van der Waals surface area contributed by atoms with E-state index in [2.05, 4.69) is 53.2 Å². The van der Waals surface area contributed by atoms with Crippen LogP contribution >= 0.6 is 0 Å². The Morgan fingerprint density at radius 2 is 1.96 bits per heavy atom. The SMILES string of the molecule is Cc1ccc2c(CCNC(=O)/C=C/c3cnc(N)nc3)c(C)[nH]c2c1C. The summed E-state index contributed by atoms with van der Waals surface area (Å²) in [4.78, 5) is 23.2. The molecule has 0 bridgehead atoms. The topological polar surface area (TPSA) is 96.7 Å². The molecule has 3 aromatic rings. The second kappa shape index (κ2) is 7.39. The van der Waals surface area contributed by atoms with Crippen molar-refractivity contribution in [2.75, 3.05) is 12.3 Å². The highest BCUT2D eigenvalue weighted by Gasteiger charge is 2.11. The molecule has 2 aromatic heterocycles. The molecule has 0 aliphatic carbocycles. The number of nitrogen functional groups attached to an aromatic ring is 1. The third-order valence-electron chi connectivity index (χ3n) is 4.62. The first-order chi connectivity index (χ1) is 12.5. The number of aryl methyl sites for hydroxylation is 3. The van der Waals surface area contributed by atoms with E-state index in [-0.39, 0.29) is 11.9 Å². The van der Waals surface area contributed by atoms with Crippen LogP contribution in [0.3, 0.4) is 0 Å². The lowest BCUT2D eigenvalue weighted by atomic mass is 10.0. The number of aromatic amines is 1. The minimum Gasteiger partial charge on any atom is -0.368 e. The lowest BCUT2D eigenvalue weighted by molar-refractivity contribution is -0.116. The van der Waals surface area contributed by atoms with Gasteiger partial charge in [0, 0.05) is 47.2 Å². The molecule has 0 aliphatic rings. The normalized spacial score (nSPS) is 11.3. The standard InChI is InChI=1S/C20H23N5O/c1-12-4-6-17-16(14(3)25-19(17)13(12)2)8-9-22-18(26)7-5-15-10-23-20(21)24-11-15/h4-7,10-11,25H,8-9H2,1-3H3,(H,22,26)(H2,21,23,24)/b7-5+. The number of H-pyrrole nitrogens is 1. The van der Waals surface area contributed by atoms with Crippen LogP contribution in [-0.2, 0) is 11.2 Å². The number of anilines is 1. The number of aromatic nitrogens is 3. The van der Waals surface area contributed by atoms with Crippen molar-refractivity contribution in [3.05, 3.63) is 58.6 Å². The Morgan fingerprint density at radius 1 is 1.23 bits per heavy atom. The van der Waals surface area contributed by atoms with Crippen LogP contribution in [0.1, 0.15) is 27.9 Å². The number of hydrogen-bond donors (Lipinski definition) is 3. The fourth-order valence-corrected chi connectivity index (χ4v) is 2.99. The van der Waals surface area contributed by atoms with E-state index in [0.717, 1.165) is 17.7 Å². The van der Waals surface area contributed by atoms with Gasteiger partial charge >= 0.3 is 0 Å². The maximum atomic E-state index is 12.0. The number of nitrogens with one attached hydrogen (secondary N) is 2. The smallest absolute Gasteiger partial charge is 0.244 e. The van der Waals surface area contributed by atoms with E-state index in [1.54, 1.807) is 18.5 Å². The van der Waals surface area contributed by atoms with Gasteiger partial charge in [0.15, 0.2) is 0 Å². The van der Waals surface area contributed by atoms with Gasteiger partial charge in [-0.3, -0.25) is 4.79 Å². The quantitative estimate of drug-likeness (QED) is 0.617. The summed E-state index contributed by atoms with van der Waals surface area (Å²) >= 11 is 0. The number of carbonyl (C=O) groups is 1. The van der Waals surface area contributed by atoms with Crippen molar-refractivity contribution in [3.63, 3.8) is 0 Å². The molecule has 3 rings (SSSR count). The van der Waals surface area contributed by atoms with Crippen LogP contribution in [0.15, 0.2) is 30.6 Å². The lowest BCUT2D eigenvalue weighted by Crippen LogP contribution is -2.23. The molecule has 1 aromatic carbocycles. The van der Waals surface area contributed by atoms with Crippen molar-refractivity contribution in [1.82, 2.24) is 20.3 Å². The third-order valence-corrected chi connectivity index (χ3v) is 4.62. The van der Waals surface area contributed by atoms with Gasteiger partial charge in [-0.25, -0.2) is 9.97 Å². The number of carbonyl (C=O) groups excluding carboxylic acids is 1. The van der Waals surface area contributed by atoms with Crippen molar-refractivity contribution in [2.45, 2.75) is 27.2 Å². The van der Waals surface area contributed by atoms with Crippen LogP contribution in [0, 0.1) is 20.8 Å². The highest BCUT2D eigenvalue weighted by atomic mass is 16.1. The van der Waals surface area contributed by atoms with Gasteiger partial charge in [-0.2, -0.15) is 0 Å². The fourth-order valence-electron chi connectivity index (χ4n) is 2.99. The number of nitrogens with two attached hydrogens (primary N) is 1. The first-order valence-electron chi connectivity index (χ1n) is 8.56. The summed E-state index contributed by atoms with van der Waals surface area (Å²) in [5.74, 6) is 0.0671. The van der Waals surface area contributed by atoms with Crippen molar-refractivity contribution < 1.29 is 4.79 Å². The average Bonchev–Trinajstić information content (AvgIpc) is 2.94. The summed E-state index contributed by atoms with van der Waals surface area (Å²) in [6.07, 6.45) is 7.07. The summed E-state index contributed by atoms with van der Waals surface area (Å²) in [6, 6.07) is 4.30. The number of rotatable bonds is 5. The number of amides is 1. The second-order valence-corrected chi connectivity index (χ2v) is 6.41. The van der Waals surface area contributed by atoms with Gasteiger partial charge in [0.25, 0.3) is 0 Å². The lowest BCUT2D eigenvalue weighted by Gasteiger charge is -2.05. The van der Waals surface area contributed by atoms with E-state index in [1.807, 2.05) is 0 Å². The van der Waals surface area contributed by atoms with Crippen LogP contribution in [0.5, 0.6) is 0 Å². The van der Waals surface area contributed by atoms with Gasteiger partial charge in [0.2, 0.25) is 11.9 Å². The van der Waals surface area contributed by atoms with E-state index in [9.17, 15) is 4.79 Å². The minimum atomic E-state index is -0.147. The molecule has 0 saturated carbocycles. The van der Waals surface area contributed by atoms with Gasteiger partial charge in [0.05, 0.1) is 0 Å².